The molecule has 0 unspecified atom stereocenters. The summed E-state index contributed by atoms with van der Waals surface area (Å²) in [5, 5.41) is 23.8. The van der Waals surface area contributed by atoms with Crippen molar-refractivity contribution in [1.82, 2.24) is 5.32 Å². The fourth-order valence-corrected chi connectivity index (χ4v) is 3.96. The Bertz CT molecular complexity index is 962. The number of methoxy groups -OCH3 is 1. The van der Waals surface area contributed by atoms with Crippen LogP contribution in [0.25, 0.3) is 0 Å². The van der Waals surface area contributed by atoms with Gasteiger partial charge in [-0.05, 0) is 23.3 Å². The Balaban J connectivity index is 1.82. The summed E-state index contributed by atoms with van der Waals surface area (Å²) in [4.78, 5) is 22.5. The SMILES string of the molecule is COc1ccc([C@H]2CC(=O)NC(SCc3ccc([N+](=O)[O-])cc3)=C2C#N)cc1. The van der Waals surface area contributed by atoms with Crippen molar-refractivity contribution in [3.63, 3.8) is 0 Å². The minimum absolute atomic E-state index is 0.0243. The highest BCUT2D eigenvalue weighted by Gasteiger charge is 2.29. The van der Waals surface area contributed by atoms with Crippen LogP contribution in [-0.2, 0) is 10.5 Å². The fraction of sp³-hybridized carbons (Fsp3) is 0.200. The number of rotatable bonds is 6. The minimum atomic E-state index is -0.450. The van der Waals surface area contributed by atoms with E-state index in [0.717, 1.165) is 11.1 Å². The zero-order chi connectivity index (χ0) is 20.1. The van der Waals surface area contributed by atoms with E-state index in [1.54, 1.807) is 31.4 Å². The molecule has 1 N–H and O–H groups in total. The summed E-state index contributed by atoms with van der Waals surface area (Å²) < 4.78 is 5.16. The second-order valence-corrected chi connectivity index (χ2v) is 7.13. The maximum atomic E-state index is 12.2. The van der Waals surface area contributed by atoms with Crippen LogP contribution in [0.15, 0.2) is 59.1 Å². The highest BCUT2D eigenvalue weighted by atomic mass is 32.2. The number of hydrogen-bond donors (Lipinski definition) is 1. The van der Waals surface area contributed by atoms with Crippen LogP contribution in [-0.4, -0.2) is 17.9 Å². The van der Waals surface area contributed by atoms with Gasteiger partial charge in [0, 0.05) is 30.2 Å². The number of non-ortho nitro benzene ring substituents is 1. The Kier molecular flexibility index (Phi) is 5.96. The van der Waals surface area contributed by atoms with E-state index in [1.165, 1.54) is 23.9 Å². The van der Waals surface area contributed by atoms with Gasteiger partial charge in [-0.2, -0.15) is 5.26 Å². The average Bonchev–Trinajstić information content (AvgIpc) is 2.72. The highest BCUT2D eigenvalue weighted by molar-refractivity contribution is 8.02. The fourth-order valence-electron chi connectivity index (χ4n) is 2.92. The average molecular weight is 395 g/mol. The van der Waals surface area contributed by atoms with E-state index in [4.69, 9.17) is 4.74 Å². The second-order valence-electron chi connectivity index (χ2n) is 6.14. The van der Waals surface area contributed by atoms with Crippen LogP contribution in [0.3, 0.4) is 0 Å². The molecule has 0 aromatic heterocycles. The number of nitriles is 1. The molecule has 1 atom stereocenters. The van der Waals surface area contributed by atoms with Crippen LogP contribution in [0, 0.1) is 21.4 Å². The predicted molar refractivity (Wildman–Crippen MR) is 106 cm³/mol. The summed E-state index contributed by atoms with van der Waals surface area (Å²) in [6.45, 7) is 0. The lowest BCUT2D eigenvalue weighted by Crippen LogP contribution is -2.30. The largest absolute Gasteiger partial charge is 0.497 e. The van der Waals surface area contributed by atoms with Gasteiger partial charge >= 0.3 is 0 Å². The molecule has 0 spiro atoms. The van der Waals surface area contributed by atoms with Crippen LogP contribution >= 0.6 is 11.8 Å². The van der Waals surface area contributed by atoms with Gasteiger partial charge in [-0.25, -0.2) is 0 Å². The van der Waals surface area contributed by atoms with Crippen LogP contribution in [0.4, 0.5) is 5.69 Å². The summed E-state index contributed by atoms with van der Waals surface area (Å²) in [5.41, 5.74) is 2.27. The molecule has 0 aliphatic carbocycles. The van der Waals surface area contributed by atoms with Crippen molar-refractivity contribution >= 4 is 23.4 Å². The van der Waals surface area contributed by atoms with Gasteiger partial charge in [0.25, 0.3) is 5.69 Å². The highest BCUT2D eigenvalue weighted by Crippen LogP contribution is 2.37. The molecule has 0 saturated carbocycles. The summed E-state index contributed by atoms with van der Waals surface area (Å²) in [5.74, 6) is 0.725. The van der Waals surface area contributed by atoms with Crippen molar-refractivity contribution in [1.29, 1.82) is 5.26 Å². The van der Waals surface area contributed by atoms with Crippen LogP contribution in [0.5, 0.6) is 5.75 Å². The smallest absolute Gasteiger partial charge is 0.269 e. The minimum Gasteiger partial charge on any atom is -0.497 e. The van der Waals surface area contributed by atoms with Crippen molar-refractivity contribution in [2.24, 2.45) is 0 Å². The number of nitro groups is 1. The van der Waals surface area contributed by atoms with E-state index in [9.17, 15) is 20.2 Å². The van der Waals surface area contributed by atoms with Gasteiger partial charge in [-0.15, -0.1) is 11.8 Å². The third-order valence-electron chi connectivity index (χ3n) is 4.40. The first kappa shape index (κ1) is 19.5. The number of hydrogen-bond acceptors (Lipinski definition) is 6. The van der Waals surface area contributed by atoms with Gasteiger partial charge in [0.05, 0.1) is 28.7 Å². The molecule has 28 heavy (non-hydrogen) atoms. The van der Waals surface area contributed by atoms with Crippen molar-refractivity contribution in [2.75, 3.05) is 7.11 Å². The van der Waals surface area contributed by atoms with E-state index in [0.29, 0.717) is 22.1 Å². The van der Waals surface area contributed by atoms with E-state index in [-0.39, 0.29) is 23.9 Å². The van der Waals surface area contributed by atoms with Gasteiger partial charge in [0.15, 0.2) is 0 Å². The van der Waals surface area contributed by atoms with Crippen LogP contribution in [0.1, 0.15) is 23.5 Å². The molecular weight excluding hydrogens is 378 g/mol. The maximum absolute atomic E-state index is 12.2. The summed E-state index contributed by atoms with van der Waals surface area (Å²) >= 11 is 1.34. The summed E-state index contributed by atoms with van der Waals surface area (Å²) in [6, 6.07) is 15.8. The molecule has 2 aromatic rings. The van der Waals surface area contributed by atoms with Crippen LogP contribution in [0.2, 0.25) is 0 Å². The zero-order valence-corrected chi connectivity index (χ0v) is 15.9. The lowest BCUT2D eigenvalue weighted by Gasteiger charge is -2.25. The molecule has 8 heteroatoms. The number of carbonyl (C=O) groups is 1. The quantitative estimate of drug-likeness (QED) is 0.588. The third-order valence-corrected chi connectivity index (χ3v) is 5.49. The number of thioether (sulfide) groups is 1. The first-order valence-corrected chi connectivity index (χ1v) is 9.44. The molecule has 1 amide bonds. The molecule has 0 bridgehead atoms. The maximum Gasteiger partial charge on any atom is 0.269 e. The topological polar surface area (TPSA) is 105 Å². The van der Waals surface area contributed by atoms with E-state index in [2.05, 4.69) is 11.4 Å². The van der Waals surface area contributed by atoms with Crippen molar-refractivity contribution in [3.05, 3.63) is 80.4 Å². The Morgan fingerprint density at radius 2 is 1.93 bits per heavy atom. The van der Waals surface area contributed by atoms with E-state index < -0.39 is 4.92 Å². The van der Waals surface area contributed by atoms with Gasteiger partial charge in [0.2, 0.25) is 5.91 Å². The number of ether oxygens (including phenoxy) is 1. The van der Waals surface area contributed by atoms with Crippen molar-refractivity contribution < 1.29 is 14.5 Å². The first-order valence-electron chi connectivity index (χ1n) is 8.46. The molecule has 0 radical (unpaired) electrons. The predicted octanol–water partition coefficient (Wildman–Crippen LogP) is 3.88. The lowest BCUT2D eigenvalue weighted by molar-refractivity contribution is -0.384. The number of nitrogens with one attached hydrogen (secondary N) is 1. The monoisotopic (exact) mass is 395 g/mol. The third kappa shape index (κ3) is 4.32. The molecule has 7 nitrogen and oxygen atoms in total. The first-order chi connectivity index (χ1) is 13.5. The number of nitro benzene ring substituents is 1. The number of allylic oxidation sites excluding steroid dienone is 1. The molecule has 1 aliphatic heterocycles. The molecule has 0 saturated heterocycles. The Labute approximate surface area is 166 Å². The second kappa shape index (κ2) is 8.59. The number of benzene rings is 2. The lowest BCUT2D eigenvalue weighted by atomic mass is 9.87. The summed E-state index contributed by atoms with van der Waals surface area (Å²) in [7, 11) is 1.58. The molecule has 2 aromatic carbocycles. The van der Waals surface area contributed by atoms with Crippen molar-refractivity contribution in [3.8, 4) is 11.8 Å². The van der Waals surface area contributed by atoms with Crippen molar-refractivity contribution in [2.45, 2.75) is 18.1 Å². The molecule has 0 fully saturated rings. The van der Waals surface area contributed by atoms with E-state index >= 15 is 0 Å². The summed E-state index contributed by atoms with van der Waals surface area (Å²) in [6.07, 6.45) is 0.205. The number of amides is 1. The molecule has 142 valence electrons. The van der Waals surface area contributed by atoms with Gasteiger partial charge < -0.3 is 10.1 Å². The Hall–Kier alpha value is -3.31. The number of carbonyl (C=O) groups excluding carboxylic acids is 1. The van der Waals surface area contributed by atoms with Gasteiger partial charge in [-0.3, -0.25) is 14.9 Å². The zero-order valence-electron chi connectivity index (χ0n) is 15.0. The van der Waals surface area contributed by atoms with E-state index in [1.807, 2.05) is 12.1 Å². The number of nitrogens with zero attached hydrogens (tertiary/aromatic N) is 2. The Morgan fingerprint density at radius 1 is 1.25 bits per heavy atom. The van der Waals surface area contributed by atoms with Crippen LogP contribution < -0.4 is 10.1 Å². The van der Waals surface area contributed by atoms with Gasteiger partial charge in [-0.1, -0.05) is 24.3 Å². The standard InChI is InChI=1S/C20H17N3O4S/c1-27-16-8-4-14(5-9-16)17-10-19(24)22-20(18(17)11-21)28-12-13-2-6-15(7-3-13)23(25)26/h2-9,17H,10,12H2,1H3,(H,22,24)/t17-/m1/s1. The molecule has 3 rings (SSSR count). The van der Waals surface area contributed by atoms with Gasteiger partial charge in [0.1, 0.15) is 5.75 Å². The normalized spacial score (nSPS) is 16.3. The molecule has 1 heterocycles. The Morgan fingerprint density at radius 3 is 2.50 bits per heavy atom. The molecular formula is C20H17N3O4S. The molecule has 1 aliphatic rings.